The van der Waals surface area contributed by atoms with Crippen molar-refractivity contribution in [3.05, 3.63) is 70.5 Å². The average Bonchev–Trinajstić information content (AvgIpc) is 2.55. The van der Waals surface area contributed by atoms with Gasteiger partial charge in [0.1, 0.15) is 11.3 Å². The minimum atomic E-state index is -0.390. The van der Waals surface area contributed by atoms with E-state index in [1.807, 2.05) is 45.0 Å². The van der Waals surface area contributed by atoms with Crippen LogP contribution in [0.15, 0.2) is 63.8 Å². The van der Waals surface area contributed by atoms with E-state index in [-0.39, 0.29) is 5.63 Å². The van der Waals surface area contributed by atoms with Crippen molar-refractivity contribution in [2.45, 2.75) is 20.8 Å². The van der Waals surface area contributed by atoms with E-state index < -0.39 is 0 Å². The largest absolute Gasteiger partial charge is 0.465 e. The SMILES string of the molecule is CC(C)=COc1ccc2c(-c3cccnc3)cc(=O)oc2c1C. The number of pyridine rings is 1. The molecule has 0 spiro atoms. The summed E-state index contributed by atoms with van der Waals surface area (Å²) in [6.07, 6.45) is 5.11. The summed E-state index contributed by atoms with van der Waals surface area (Å²) in [5.74, 6) is 0.671. The average molecular weight is 307 g/mol. The van der Waals surface area contributed by atoms with E-state index in [0.29, 0.717) is 11.3 Å². The third kappa shape index (κ3) is 3.01. The van der Waals surface area contributed by atoms with E-state index in [1.165, 1.54) is 6.07 Å². The maximum Gasteiger partial charge on any atom is 0.336 e. The Morgan fingerprint density at radius 1 is 1.26 bits per heavy atom. The number of hydrogen-bond acceptors (Lipinski definition) is 4. The van der Waals surface area contributed by atoms with Crippen LogP contribution in [0.2, 0.25) is 0 Å². The predicted octanol–water partition coefficient (Wildman–Crippen LogP) is 4.47. The minimum Gasteiger partial charge on any atom is -0.465 e. The fraction of sp³-hybridized carbons (Fsp3) is 0.158. The van der Waals surface area contributed by atoms with E-state index in [4.69, 9.17) is 9.15 Å². The summed E-state index contributed by atoms with van der Waals surface area (Å²) in [5, 5.41) is 0.861. The highest BCUT2D eigenvalue weighted by molar-refractivity contribution is 5.95. The topological polar surface area (TPSA) is 52.3 Å². The quantitative estimate of drug-likeness (QED) is 0.529. The van der Waals surface area contributed by atoms with Crippen LogP contribution in [0, 0.1) is 6.92 Å². The van der Waals surface area contributed by atoms with E-state index in [1.54, 1.807) is 18.7 Å². The molecule has 4 heteroatoms. The van der Waals surface area contributed by atoms with Gasteiger partial charge in [-0.25, -0.2) is 4.79 Å². The molecule has 1 aromatic carbocycles. The number of aromatic nitrogens is 1. The number of nitrogens with zero attached hydrogens (tertiary/aromatic N) is 1. The molecule has 0 saturated heterocycles. The zero-order valence-electron chi connectivity index (χ0n) is 13.3. The fourth-order valence-corrected chi connectivity index (χ4v) is 2.41. The molecule has 2 aromatic heterocycles. The number of fused-ring (bicyclic) bond motifs is 1. The second kappa shape index (κ2) is 6.08. The molecule has 2 heterocycles. The Bertz CT molecular complexity index is 936. The molecule has 23 heavy (non-hydrogen) atoms. The van der Waals surface area contributed by atoms with Crippen molar-refractivity contribution in [1.82, 2.24) is 4.98 Å². The monoisotopic (exact) mass is 307 g/mol. The lowest BCUT2D eigenvalue weighted by atomic mass is 10.0. The Kier molecular flexibility index (Phi) is 3.98. The van der Waals surface area contributed by atoms with Crippen LogP contribution in [0.3, 0.4) is 0 Å². The van der Waals surface area contributed by atoms with Gasteiger partial charge in [-0.2, -0.15) is 0 Å². The highest BCUT2D eigenvalue weighted by Crippen LogP contribution is 2.32. The van der Waals surface area contributed by atoms with Crippen LogP contribution in [0.1, 0.15) is 19.4 Å². The maximum atomic E-state index is 12.0. The summed E-state index contributed by atoms with van der Waals surface area (Å²) >= 11 is 0. The van der Waals surface area contributed by atoms with E-state index in [9.17, 15) is 4.79 Å². The summed E-state index contributed by atoms with van der Waals surface area (Å²) in [6, 6.07) is 9.05. The van der Waals surface area contributed by atoms with E-state index in [0.717, 1.165) is 27.6 Å². The van der Waals surface area contributed by atoms with Crippen LogP contribution in [0.5, 0.6) is 5.75 Å². The van der Waals surface area contributed by atoms with Crippen LogP contribution in [0.4, 0.5) is 0 Å². The van der Waals surface area contributed by atoms with Crippen LogP contribution < -0.4 is 10.4 Å². The zero-order chi connectivity index (χ0) is 16.4. The van der Waals surface area contributed by atoms with Gasteiger partial charge in [-0.3, -0.25) is 4.98 Å². The Morgan fingerprint density at radius 2 is 2.09 bits per heavy atom. The Hall–Kier alpha value is -2.88. The molecule has 3 aromatic rings. The second-order valence-corrected chi connectivity index (χ2v) is 5.60. The van der Waals surface area contributed by atoms with Crippen LogP contribution >= 0.6 is 0 Å². The lowest BCUT2D eigenvalue weighted by molar-refractivity contribution is 0.469. The molecule has 3 rings (SSSR count). The summed E-state index contributed by atoms with van der Waals surface area (Å²) in [6.45, 7) is 5.79. The molecule has 116 valence electrons. The van der Waals surface area contributed by atoms with Gasteiger partial charge in [-0.1, -0.05) is 6.07 Å². The number of aryl methyl sites for hydroxylation is 1. The molecule has 0 aliphatic heterocycles. The van der Waals surface area contributed by atoms with Gasteiger partial charge in [0.15, 0.2) is 0 Å². The zero-order valence-corrected chi connectivity index (χ0v) is 13.3. The summed E-state index contributed by atoms with van der Waals surface area (Å²) in [5.41, 5.74) is 3.68. The van der Waals surface area contributed by atoms with Gasteiger partial charge in [0.2, 0.25) is 0 Å². The third-order valence-corrected chi connectivity index (χ3v) is 3.51. The van der Waals surface area contributed by atoms with Crippen LogP contribution in [-0.2, 0) is 0 Å². The Balaban J connectivity index is 2.24. The van der Waals surface area contributed by atoms with Gasteiger partial charge in [-0.15, -0.1) is 0 Å². The molecular formula is C19H17NO3. The van der Waals surface area contributed by atoms with Crippen molar-refractivity contribution in [3.63, 3.8) is 0 Å². The van der Waals surface area contributed by atoms with Gasteiger partial charge in [-0.05, 0) is 44.5 Å². The van der Waals surface area contributed by atoms with Gasteiger partial charge >= 0.3 is 5.63 Å². The lowest BCUT2D eigenvalue weighted by Crippen LogP contribution is -2.00. The van der Waals surface area contributed by atoms with E-state index >= 15 is 0 Å². The highest BCUT2D eigenvalue weighted by Gasteiger charge is 2.13. The molecule has 0 N–H and O–H groups in total. The Morgan fingerprint density at radius 3 is 2.78 bits per heavy atom. The van der Waals surface area contributed by atoms with E-state index in [2.05, 4.69) is 4.98 Å². The van der Waals surface area contributed by atoms with Gasteiger partial charge in [0.25, 0.3) is 0 Å². The number of benzene rings is 1. The lowest BCUT2D eigenvalue weighted by Gasteiger charge is -2.10. The van der Waals surface area contributed by atoms with Crippen molar-refractivity contribution in [3.8, 4) is 16.9 Å². The molecule has 0 saturated carbocycles. The summed E-state index contributed by atoms with van der Waals surface area (Å²) < 4.78 is 11.1. The normalized spacial score (nSPS) is 10.6. The first-order valence-corrected chi connectivity index (χ1v) is 7.34. The number of rotatable bonds is 3. The second-order valence-electron chi connectivity index (χ2n) is 5.60. The molecule has 0 aliphatic carbocycles. The molecule has 0 atom stereocenters. The van der Waals surface area contributed by atoms with Gasteiger partial charge in [0, 0.05) is 40.5 Å². The molecule has 4 nitrogen and oxygen atoms in total. The van der Waals surface area contributed by atoms with Crippen molar-refractivity contribution < 1.29 is 9.15 Å². The van der Waals surface area contributed by atoms with Crippen molar-refractivity contribution in [2.75, 3.05) is 0 Å². The fourth-order valence-electron chi connectivity index (χ4n) is 2.41. The van der Waals surface area contributed by atoms with Crippen LogP contribution in [-0.4, -0.2) is 4.98 Å². The van der Waals surface area contributed by atoms with Crippen molar-refractivity contribution >= 4 is 11.0 Å². The molecule has 0 radical (unpaired) electrons. The summed E-state index contributed by atoms with van der Waals surface area (Å²) in [7, 11) is 0. The molecule has 0 unspecified atom stereocenters. The standard InChI is InChI=1S/C19H17NO3/c1-12(2)11-22-17-7-6-15-16(14-5-4-8-20-10-14)9-18(21)23-19(15)13(17)3/h4-11H,1-3H3. The predicted molar refractivity (Wildman–Crippen MR) is 90.5 cm³/mol. The first kappa shape index (κ1) is 15.0. The summed E-state index contributed by atoms with van der Waals surface area (Å²) in [4.78, 5) is 16.1. The molecular weight excluding hydrogens is 290 g/mol. The third-order valence-electron chi connectivity index (χ3n) is 3.51. The highest BCUT2D eigenvalue weighted by atomic mass is 16.5. The first-order valence-electron chi connectivity index (χ1n) is 7.34. The van der Waals surface area contributed by atoms with Crippen molar-refractivity contribution in [2.24, 2.45) is 0 Å². The number of allylic oxidation sites excluding steroid dienone is 1. The van der Waals surface area contributed by atoms with Gasteiger partial charge in [0.05, 0.1) is 6.26 Å². The molecule has 0 amide bonds. The van der Waals surface area contributed by atoms with Crippen LogP contribution in [0.25, 0.3) is 22.1 Å². The first-order chi connectivity index (χ1) is 11.1. The Labute approximate surface area is 134 Å². The minimum absolute atomic E-state index is 0.390. The van der Waals surface area contributed by atoms with Crippen molar-refractivity contribution in [1.29, 1.82) is 0 Å². The number of hydrogen-bond donors (Lipinski definition) is 0. The smallest absolute Gasteiger partial charge is 0.336 e. The molecule has 0 aliphatic rings. The molecule has 0 bridgehead atoms. The number of ether oxygens (including phenoxy) is 1. The van der Waals surface area contributed by atoms with Gasteiger partial charge < -0.3 is 9.15 Å². The molecule has 0 fully saturated rings. The maximum absolute atomic E-state index is 12.0.